The molecule has 26 heavy (non-hydrogen) atoms. The molecule has 1 amide bonds. The number of sulfonamides is 1. The van der Waals surface area contributed by atoms with E-state index in [9.17, 15) is 18.0 Å². The van der Waals surface area contributed by atoms with Crippen LogP contribution in [0.2, 0.25) is 0 Å². The first-order valence-electron chi connectivity index (χ1n) is 8.39. The van der Waals surface area contributed by atoms with E-state index in [1.807, 2.05) is 6.92 Å². The summed E-state index contributed by atoms with van der Waals surface area (Å²) in [6.07, 6.45) is 1.86. The fourth-order valence-electron chi connectivity index (χ4n) is 2.40. The molecule has 0 unspecified atom stereocenters. The van der Waals surface area contributed by atoms with Gasteiger partial charge < -0.3 is 14.8 Å². The van der Waals surface area contributed by atoms with Crippen LogP contribution >= 0.6 is 0 Å². The van der Waals surface area contributed by atoms with E-state index in [1.165, 1.54) is 12.1 Å². The number of hydrogen-bond donors (Lipinski definition) is 2. The first-order chi connectivity index (χ1) is 12.3. The Bertz CT molecular complexity index is 757. The van der Waals surface area contributed by atoms with Crippen LogP contribution in [0.4, 0.5) is 0 Å². The molecule has 1 aliphatic rings. The van der Waals surface area contributed by atoms with Gasteiger partial charge in [-0.15, -0.1) is 0 Å². The Morgan fingerprint density at radius 1 is 1.27 bits per heavy atom. The van der Waals surface area contributed by atoms with Crippen molar-refractivity contribution < 1.29 is 27.5 Å². The molecule has 0 aromatic heterocycles. The van der Waals surface area contributed by atoms with Crippen molar-refractivity contribution in [3.05, 3.63) is 29.3 Å². The average molecular weight is 384 g/mol. The maximum absolute atomic E-state index is 12.2. The molecule has 1 atom stereocenters. The smallest absolute Gasteiger partial charge is 0.321 e. The molecule has 2 rings (SSSR count). The van der Waals surface area contributed by atoms with Gasteiger partial charge in [0.05, 0.1) is 11.0 Å². The van der Waals surface area contributed by atoms with E-state index in [2.05, 4.69) is 10.0 Å². The molecule has 1 aromatic rings. The van der Waals surface area contributed by atoms with Gasteiger partial charge in [0, 0.05) is 13.2 Å². The van der Waals surface area contributed by atoms with Gasteiger partial charge in [0.25, 0.3) is 5.91 Å². The van der Waals surface area contributed by atoms with Gasteiger partial charge in [-0.2, -0.15) is 4.72 Å². The Balaban J connectivity index is 1.73. The molecule has 0 radical (unpaired) electrons. The Morgan fingerprint density at radius 2 is 2.04 bits per heavy atom. The largest absolute Gasteiger partial charge is 0.455 e. The van der Waals surface area contributed by atoms with Crippen LogP contribution in [0.5, 0.6) is 0 Å². The predicted octanol–water partition coefficient (Wildman–Crippen LogP) is 0.420. The minimum absolute atomic E-state index is 0.000531. The number of carbonyl (C=O) groups excluding carboxylic acids is 2. The molecule has 2 N–H and O–H groups in total. The molecular weight excluding hydrogens is 360 g/mol. The Labute approximate surface area is 153 Å². The lowest BCUT2D eigenvalue weighted by Gasteiger charge is -2.11. The van der Waals surface area contributed by atoms with Crippen LogP contribution in [0, 0.1) is 13.8 Å². The monoisotopic (exact) mass is 384 g/mol. The molecular formula is C17H24N2O6S. The van der Waals surface area contributed by atoms with Crippen molar-refractivity contribution in [1.82, 2.24) is 10.0 Å². The lowest BCUT2D eigenvalue weighted by molar-refractivity contribution is -0.147. The van der Waals surface area contributed by atoms with Crippen LogP contribution in [0.15, 0.2) is 23.1 Å². The maximum atomic E-state index is 12.2. The number of aryl methyl sites for hydroxylation is 2. The molecule has 0 bridgehead atoms. The summed E-state index contributed by atoms with van der Waals surface area (Å²) in [5.74, 6) is -1.28. The van der Waals surface area contributed by atoms with Crippen LogP contribution in [0.25, 0.3) is 0 Å². The minimum atomic E-state index is -3.82. The van der Waals surface area contributed by atoms with E-state index in [4.69, 9.17) is 9.47 Å². The Kier molecular flexibility index (Phi) is 7.13. The highest BCUT2D eigenvalue weighted by atomic mass is 32.2. The number of hydrogen-bond acceptors (Lipinski definition) is 6. The summed E-state index contributed by atoms with van der Waals surface area (Å²) in [5.41, 5.74) is 1.80. The zero-order valence-corrected chi connectivity index (χ0v) is 15.7. The summed E-state index contributed by atoms with van der Waals surface area (Å²) >= 11 is 0. The Morgan fingerprint density at radius 3 is 2.69 bits per heavy atom. The molecule has 0 aliphatic carbocycles. The van der Waals surface area contributed by atoms with Crippen molar-refractivity contribution in [2.24, 2.45) is 0 Å². The minimum Gasteiger partial charge on any atom is -0.455 e. The highest BCUT2D eigenvalue weighted by Crippen LogP contribution is 2.14. The molecule has 0 saturated carbocycles. The van der Waals surface area contributed by atoms with Crippen molar-refractivity contribution in [1.29, 1.82) is 0 Å². The summed E-state index contributed by atoms with van der Waals surface area (Å²) < 4.78 is 36.7. The number of carbonyl (C=O) groups is 2. The van der Waals surface area contributed by atoms with Gasteiger partial charge in [-0.1, -0.05) is 6.07 Å². The summed E-state index contributed by atoms with van der Waals surface area (Å²) in [5, 5.41) is 2.61. The number of rotatable bonds is 8. The summed E-state index contributed by atoms with van der Waals surface area (Å²) in [6.45, 7) is 3.73. The lowest BCUT2D eigenvalue weighted by Crippen LogP contribution is -2.36. The second-order valence-corrected chi connectivity index (χ2v) is 7.94. The molecule has 1 aromatic carbocycles. The van der Waals surface area contributed by atoms with Gasteiger partial charge in [0.1, 0.15) is 6.54 Å². The van der Waals surface area contributed by atoms with E-state index >= 15 is 0 Å². The summed E-state index contributed by atoms with van der Waals surface area (Å²) in [6, 6.07) is 4.69. The van der Waals surface area contributed by atoms with Crippen LogP contribution < -0.4 is 10.0 Å². The fourth-order valence-corrected chi connectivity index (χ4v) is 3.45. The Hall–Kier alpha value is -1.97. The molecule has 0 spiro atoms. The third kappa shape index (κ3) is 6.08. The van der Waals surface area contributed by atoms with Crippen LogP contribution in [0.1, 0.15) is 24.0 Å². The normalized spacial score (nSPS) is 17.1. The number of amides is 1. The quantitative estimate of drug-likeness (QED) is 0.629. The van der Waals surface area contributed by atoms with Gasteiger partial charge >= 0.3 is 5.97 Å². The topological polar surface area (TPSA) is 111 Å². The van der Waals surface area contributed by atoms with Gasteiger partial charge in [0.2, 0.25) is 10.0 Å². The first kappa shape index (κ1) is 20.3. The summed E-state index contributed by atoms with van der Waals surface area (Å²) in [7, 11) is -3.82. The van der Waals surface area contributed by atoms with Crippen molar-refractivity contribution in [2.45, 2.75) is 37.7 Å². The first-order valence-corrected chi connectivity index (χ1v) is 9.87. The van der Waals surface area contributed by atoms with Gasteiger partial charge in [-0.3, -0.25) is 9.59 Å². The number of esters is 1. The van der Waals surface area contributed by atoms with E-state index in [1.54, 1.807) is 13.0 Å². The van der Waals surface area contributed by atoms with E-state index < -0.39 is 35.1 Å². The number of nitrogens with one attached hydrogen (secondary N) is 2. The molecule has 1 heterocycles. The SMILES string of the molecule is Cc1ccc(S(=O)(=O)NCC(=O)OCC(=O)NC[C@H]2CCCO2)cc1C. The summed E-state index contributed by atoms with van der Waals surface area (Å²) in [4.78, 5) is 23.3. The van der Waals surface area contributed by atoms with Crippen LogP contribution in [-0.4, -0.2) is 52.7 Å². The van der Waals surface area contributed by atoms with E-state index in [0.717, 1.165) is 24.0 Å². The van der Waals surface area contributed by atoms with Crippen molar-refractivity contribution in [3.8, 4) is 0 Å². The average Bonchev–Trinajstić information content (AvgIpc) is 3.12. The maximum Gasteiger partial charge on any atom is 0.321 e. The van der Waals surface area contributed by atoms with Gasteiger partial charge in [0.15, 0.2) is 6.61 Å². The third-order valence-electron chi connectivity index (χ3n) is 4.11. The van der Waals surface area contributed by atoms with Crippen LogP contribution in [-0.2, 0) is 29.1 Å². The predicted molar refractivity (Wildman–Crippen MR) is 94.0 cm³/mol. The molecule has 8 nitrogen and oxygen atoms in total. The van der Waals surface area contributed by atoms with Crippen molar-refractivity contribution in [2.75, 3.05) is 26.3 Å². The van der Waals surface area contributed by atoms with Gasteiger partial charge in [-0.05, 0) is 49.9 Å². The zero-order valence-electron chi connectivity index (χ0n) is 14.9. The molecule has 1 aliphatic heterocycles. The van der Waals surface area contributed by atoms with E-state index in [-0.39, 0.29) is 11.0 Å². The number of benzene rings is 1. The van der Waals surface area contributed by atoms with Crippen LogP contribution in [0.3, 0.4) is 0 Å². The number of ether oxygens (including phenoxy) is 2. The third-order valence-corrected chi connectivity index (χ3v) is 5.51. The lowest BCUT2D eigenvalue weighted by atomic mass is 10.1. The second-order valence-electron chi connectivity index (χ2n) is 6.17. The van der Waals surface area contributed by atoms with E-state index in [0.29, 0.717) is 13.2 Å². The standard InChI is InChI=1S/C17H24N2O6S/c1-12-5-6-15(8-13(12)2)26(22,23)19-10-17(21)25-11-16(20)18-9-14-4-3-7-24-14/h5-6,8,14,19H,3-4,7,9-11H2,1-2H3,(H,18,20)/t14-/m1/s1. The molecule has 1 fully saturated rings. The van der Waals surface area contributed by atoms with Crippen molar-refractivity contribution >= 4 is 21.9 Å². The highest BCUT2D eigenvalue weighted by Gasteiger charge is 2.18. The highest BCUT2D eigenvalue weighted by molar-refractivity contribution is 7.89. The fraction of sp³-hybridized carbons (Fsp3) is 0.529. The molecule has 1 saturated heterocycles. The molecule has 9 heteroatoms. The van der Waals surface area contributed by atoms with Gasteiger partial charge in [-0.25, -0.2) is 8.42 Å². The zero-order chi connectivity index (χ0) is 19.2. The molecule has 144 valence electrons. The van der Waals surface area contributed by atoms with Crippen molar-refractivity contribution in [3.63, 3.8) is 0 Å². The second kappa shape index (κ2) is 9.11.